The molecule has 0 bridgehead atoms. The maximum Gasteiger partial charge on any atom is 0.131 e. The molecule has 10 aromatic rings. The molecule has 1 aliphatic rings. The number of para-hydroxylation sites is 3. The van der Waals surface area contributed by atoms with Gasteiger partial charge in [0.15, 0.2) is 0 Å². The Kier molecular flexibility index (Phi) is 7.14. The molecule has 3 heteroatoms. The Labute approximate surface area is 319 Å². The van der Waals surface area contributed by atoms with Gasteiger partial charge in [-0.3, -0.25) is 0 Å². The molecule has 55 heavy (non-hydrogen) atoms. The third-order valence-corrected chi connectivity index (χ3v) is 11.3. The molecular formula is C52H36N2O. The first-order valence-corrected chi connectivity index (χ1v) is 19.0. The van der Waals surface area contributed by atoms with Gasteiger partial charge < -0.3 is 13.9 Å². The minimum absolute atomic E-state index is 0.0988. The number of hydrogen-bond acceptors (Lipinski definition) is 1. The minimum atomic E-state index is -0.0988. The van der Waals surface area contributed by atoms with Gasteiger partial charge >= 0.3 is 0 Å². The molecule has 0 aliphatic carbocycles. The van der Waals surface area contributed by atoms with Gasteiger partial charge in [0, 0.05) is 38.5 Å². The Balaban J connectivity index is 1.15. The maximum absolute atomic E-state index is 6.80. The number of hydrogen-bond donors (Lipinski definition) is 0. The Bertz CT molecular complexity index is 3180. The first-order valence-electron chi connectivity index (χ1n) is 19.0. The summed E-state index contributed by atoms with van der Waals surface area (Å²) in [4.78, 5) is 0. The van der Waals surface area contributed by atoms with Crippen LogP contribution in [0.15, 0.2) is 200 Å². The predicted molar refractivity (Wildman–Crippen MR) is 230 cm³/mol. The van der Waals surface area contributed by atoms with E-state index in [9.17, 15) is 0 Å². The van der Waals surface area contributed by atoms with E-state index in [1.165, 1.54) is 76.6 Å². The summed E-state index contributed by atoms with van der Waals surface area (Å²) >= 11 is 0. The second kappa shape index (κ2) is 12.5. The summed E-state index contributed by atoms with van der Waals surface area (Å²) in [7, 11) is 0. The first kappa shape index (κ1) is 31.4. The molecule has 0 saturated carbocycles. The van der Waals surface area contributed by atoms with Gasteiger partial charge in [0.25, 0.3) is 0 Å². The van der Waals surface area contributed by atoms with Gasteiger partial charge in [0.1, 0.15) is 11.5 Å². The van der Waals surface area contributed by atoms with Gasteiger partial charge in [0.05, 0.1) is 28.0 Å². The molecule has 1 aliphatic heterocycles. The van der Waals surface area contributed by atoms with E-state index in [0.29, 0.717) is 0 Å². The van der Waals surface area contributed by atoms with E-state index in [-0.39, 0.29) is 5.92 Å². The number of benzene rings is 8. The molecule has 0 spiro atoms. The molecular weight excluding hydrogens is 669 g/mol. The molecule has 3 heterocycles. The van der Waals surface area contributed by atoms with Gasteiger partial charge in [0.2, 0.25) is 0 Å². The second-order valence-corrected chi connectivity index (χ2v) is 14.4. The number of ether oxygens (including phenoxy) is 1. The van der Waals surface area contributed by atoms with E-state index in [1.54, 1.807) is 0 Å². The number of nitrogens with zero attached hydrogens (tertiary/aromatic N) is 2. The summed E-state index contributed by atoms with van der Waals surface area (Å²) in [6, 6.07) is 63.8. The van der Waals surface area contributed by atoms with Gasteiger partial charge in [-0.1, -0.05) is 121 Å². The molecule has 11 rings (SSSR count). The fraction of sp³-hybridized carbons (Fsp3) is 0.0385. The van der Waals surface area contributed by atoms with Crippen LogP contribution in [0, 0.1) is 0 Å². The van der Waals surface area contributed by atoms with Crippen LogP contribution < -0.4 is 4.74 Å². The average molecular weight is 705 g/mol. The van der Waals surface area contributed by atoms with Crippen LogP contribution >= 0.6 is 0 Å². The quantitative estimate of drug-likeness (QED) is 0.175. The minimum Gasteiger partial charge on any atom is -0.460 e. The highest BCUT2D eigenvalue weighted by Gasteiger charge is 2.34. The van der Waals surface area contributed by atoms with E-state index >= 15 is 0 Å². The third-order valence-electron chi connectivity index (χ3n) is 11.3. The highest BCUT2D eigenvalue weighted by Crippen LogP contribution is 2.51. The summed E-state index contributed by atoms with van der Waals surface area (Å²) in [5, 5.41) is 7.47. The van der Waals surface area contributed by atoms with E-state index in [0.717, 1.165) is 22.9 Å². The number of fused-ring (bicyclic) bond motifs is 9. The second-order valence-electron chi connectivity index (χ2n) is 14.4. The standard InChI is InChI=1S/C52H36N2O/c1-2-3-24-48-50(36-28-30-46-43(33-36)51-39-20-11-10-15-34(39)26-31-47(51)54(46)38-18-8-5-9-19-38)52-40(22-14-25-49(52)55-48)35-27-29-45-42(32-35)41-21-12-13-23-44(41)53(45)37-16-6-4-7-17-37/h2-33,50H,1H3/b3-2-,48-24+. The van der Waals surface area contributed by atoms with Gasteiger partial charge in [-0.25, -0.2) is 0 Å². The van der Waals surface area contributed by atoms with Crippen molar-refractivity contribution in [2.45, 2.75) is 12.8 Å². The summed E-state index contributed by atoms with van der Waals surface area (Å²) in [6.07, 6.45) is 6.29. The lowest BCUT2D eigenvalue weighted by Gasteiger charge is -2.16. The fourth-order valence-corrected chi connectivity index (χ4v) is 9.00. The van der Waals surface area contributed by atoms with E-state index in [1.807, 2.05) is 0 Å². The van der Waals surface area contributed by atoms with Crippen molar-refractivity contribution >= 4 is 54.4 Å². The SMILES string of the molecule is C/C=C\C=C1\Oc2cccc(-c3ccc4c(c3)c3ccccc3n4-c3ccccc3)c2C1c1ccc2c(c1)c1c3ccccc3ccc1n2-c1ccccc1. The van der Waals surface area contributed by atoms with Crippen molar-refractivity contribution in [3.63, 3.8) is 0 Å². The van der Waals surface area contributed by atoms with Crippen LogP contribution in [0.4, 0.5) is 0 Å². The van der Waals surface area contributed by atoms with Crippen LogP contribution in [0.1, 0.15) is 24.0 Å². The fourth-order valence-electron chi connectivity index (χ4n) is 9.00. The Morgan fingerprint density at radius 3 is 1.96 bits per heavy atom. The first-order chi connectivity index (χ1) is 27.3. The molecule has 2 aromatic heterocycles. The maximum atomic E-state index is 6.80. The lowest BCUT2D eigenvalue weighted by atomic mass is 9.84. The molecule has 0 amide bonds. The monoisotopic (exact) mass is 704 g/mol. The topological polar surface area (TPSA) is 19.1 Å². The van der Waals surface area contributed by atoms with Crippen LogP contribution in [0.5, 0.6) is 5.75 Å². The largest absolute Gasteiger partial charge is 0.460 e. The van der Waals surface area contributed by atoms with Crippen molar-refractivity contribution in [2.24, 2.45) is 0 Å². The number of allylic oxidation sites excluding steroid dienone is 4. The Hall–Kier alpha value is -7.10. The summed E-state index contributed by atoms with van der Waals surface area (Å²) in [6.45, 7) is 2.05. The van der Waals surface area contributed by atoms with Crippen LogP contribution in [0.3, 0.4) is 0 Å². The van der Waals surface area contributed by atoms with Crippen molar-refractivity contribution in [1.29, 1.82) is 0 Å². The Morgan fingerprint density at radius 1 is 0.509 bits per heavy atom. The smallest absolute Gasteiger partial charge is 0.131 e. The summed E-state index contributed by atoms with van der Waals surface area (Å²) < 4.78 is 11.6. The van der Waals surface area contributed by atoms with Crippen LogP contribution in [-0.2, 0) is 0 Å². The molecule has 260 valence electrons. The molecule has 0 fully saturated rings. The molecule has 1 atom stereocenters. The van der Waals surface area contributed by atoms with Gasteiger partial charge in [-0.15, -0.1) is 0 Å². The van der Waals surface area contributed by atoms with Crippen molar-refractivity contribution < 1.29 is 4.74 Å². The van der Waals surface area contributed by atoms with Gasteiger partial charge in [-0.2, -0.15) is 0 Å². The van der Waals surface area contributed by atoms with E-state index in [2.05, 4.69) is 210 Å². The van der Waals surface area contributed by atoms with Crippen molar-refractivity contribution in [2.75, 3.05) is 0 Å². The highest BCUT2D eigenvalue weighted by atomic mass is 16.5. The van der Waals surface area contributed by atoms with E-state index < -0.39 is 0 Å². The molecule has 1 unspecified atom stereocenters. The average Bonchev–Trinajstić information content (AvgIpc) is 3.90. The summed E-state index contributed by atoms with van der Waals surface area (Å²) in [5.41, 5.74) is 11.9. The van der Waals surface area contributed by atoms with Crippen molar-refractivity contribution in [1.82, 2.24) is 9.13 Å². The predicted octanol–water partition coefficient (Wildman–Crippen LogP) is 13.7. The lowest BCUT2D eigenvalue weighted by molar-refractivity contribution is 0.437. The Morgan fingerprint density at radius 2 is 1.16 bits per heavy atom. The molecule has 8 aromatic carbocycles. The third kappa shape index (κ3) is 4.83. The molecule has 0 radical (unpaired) electrons. The van der Waals surface area contributed by atoms with Crippen molar-refractivity contribution in [3.8, 4) is 28.3 Å². The molecule has 3 nitrogen and oxygen atoms in total. The zero-order valence-corrected chi connectivity index (χ0v) is 30.4. The zero-order valence-electron chi connectivity index (χ0n) is 30.4. The number of aromatic nitrogens is 2. The van der Waals surface area contributed by atoms with Crippen molar-refractivity contribution in [3.05, 3.63) is 211 Å². The van der Waals surface area contributed by atoms with Crippen LogP contribution in [0.2, 0.25) is 0 Å². The number of rotatable bonds is 5. The van der Waals surface area contributed by atoms with Crippen LogP contribution in [-0.4, -0.2) is 9.13 Å². The summed E-state index contributed by atoms with van der Waals surface area (Å²) in [5.74, 6) is 1.74. The lowest BCUT2D eigenvalue weighted by Crippen LogP contribution is -2.03. The zero-order chi connectivity index (χ0) is 36.5. The van der Waals surface area contributed by atoms with Crippen LogP contribution in [0.25, 0.3) is 76.9 Å². The normalized spacial score (nSPS) is 14.9. The molecule has 0 saturated heterocycles. The molecule has 0 N–H and O–H groups in total. The van der Waals surface area contributed by atoms with Gasteiger partial charge in [-0.05, 0) is 107 Å². The van der Waals surface area contributed by atoms with E-state index in [4.69, 9.17) is 4.74 Å². The highest BCUT2D eigenvalue weighted by molar-refractivity contribution is 6.21.